The summed E-state index contributed by atoms with van der Waals surface area (Å²) in [5.41, 5.74) is 0. The van der Waals surface area contributed by atoms with Crippen LogP contribution >= 0.6 is 0 Å². The molecule has 0 spiro atoms. The Balaban J connectivity index is 2.27. The topological polar surface area (TPSA) is 32.3 Å². The molecule has 0 unspecified atom stereocenters. The van der Waals surface area contributed by atoms with Gasteiger partial charge >= 0.3 is 0 Å². The molecule has 0 aliphatic heterocycles. The van der Waals surface area contributed by atoms with Crippen molar-refractivity contribution in [2.45, 2.75) is 71.3 Å². The number of hydrogen-bond acceptors (Lipinski definition) is 2. The number of unbranched alkanes of at least 4 members (excludes halogenated alkanes) is 2. The van der Waals surface area contributed by atoms with E-state index < -0.39 is 0 Å². The van der Waals surface area contributed by atoms with E-state index in [9.17, 15) is 4.79 Å². The van der Waals surface area contributed by atoms with Crippen LogP contribution < -0.4 is 5.32 Å². The first kappa shape index (κ1) is 15.5. The third-order valence-electron chi connectivity index (χ3n) is 3.81. The number of hydrogen-bond donors (Lipinski definition) is 1. The van der Waals surface area contributed by atoms with Crippen molar-refractivity contribution >= 4 is 5.91 Å². The Labute approximate surface area is 112 Å². The summed E-state index contributed by atoms with van der Waals surface area (Å²) in [6, 6.07) is 0.591. The summed E-state index contributed by atoms with van der Waals surface area (Å²) in [6.45, 7) is 6.76. The van der Waals surface area contributed by atoms with Crippen molar-refractivity contribution in [3.63, 3.8) is 0 Å². The highest BCUT2D eigenvalue weighted by molar-refractivity contribution is 5.78. The van der Waals surface area contributed by atoms with E-state index in [0.717, 1.165) is 38.8 Å². The molecule has 1 fully saturated rings. The maximum atomic E-state index is 12.2. The maximum Gasteiger partial charge on any atom is 0.236 e. The molecule has 3 heteroatoms. The molecular weight excluding hydrogens is 224 g/mol. The average molecular weight is 254 g/mol. The van der Waals surface area contributed by atoms with Gasteiger partial charge in [0.1, 0.15) is 0 Å². The van der Waals surface area contributed by atoms with Crippen molar-refractivity contribution in [1.82, 2.24) is 10.2 Å². The molecule has 0 saturated heterocycles. The number of carbonyl (C=O) groups is 1. The van der Waals surface area contributed by atoms with E-state index in [1.165, 1.54) is 25.7 Å². The van der Waals surface area contributed by atoms with Crippen molar-refractivity contribution in [1.29, 1.82) is 0 Å². The first-order chi connectivity index (χ1) is 8.77. The number of rotatable bonds is 9. The van der Waals surface area contributed by atoms with Gasteiger partial charge in [0.05, 0.1) is 6.54 Å². The van der Waals surface area contributed by atoms with Gasteiger partial charge in [0.2, 0.25) is 5.91 Å². The fraction of sp³-hybridized carbons (Fsp3) is 0.933. The zero-order valence-electron chi connectivity index (χ0n) is 12.2. The van der Waals surface area contributed by atoms with Gasteiger partial charge in [-0.2, -0.15) is 0 Å². The third kappa shape index (κ3) is 5.85. The fourth-order valence-corrected chi connectivity index (χ4v) is 2.53. The van der Waals surface area contributed by atoms with E-state index >= 15 is 0 Å². The fourth-order valence-electron chi connectivity index (χ4n) is 2.53. The normalized spacial score (nSPS) is 16.1. The minimum Gasteiger partial charge on any atom is -0.342 e. The second-order valence-corrected chi connectivity index (χ2v) is 5.45. The van der Waals surface area contributed by atoms with Crippen LogP contribution in [0.2, 0.25) is 0 Å². The molecular formula is C15H30N2O. The van der Waals surface area contributed by atoms with Crippen LogP contribution in [0.1, 0.15) is 65.2 Å². The van der Waals surface area contributed by atoms with Crippen LogP contribution in [0.3, 0.4) is 0 Å². The predicted octanol–water partition coefficient (Wildman–Crippen LogP) is 2.95. The van der Waals surface area contributed by atoms with E-state index in [-0.39, 0.29) is 0 Å². The lowest BCUT2D eigenvalue weighted by molar-refractivity contribution is -0.130. The molecule has 3 nitrogen and oxygen atoms in total. The van der Waals surface area contributed by atoms with Gasteiger partial charge in [0.15, 0.2) is 0 Å². The molecule has 1 N–H and O–H groups in total. The predicted molar refractivity (Wildman–Crippen MR) is 76.7 cm³/mol. The minimum atomic E-state index is 0.295. The summed E-state index contributed by atoms with van der Waals surface area (Å²) in [4.78, 5) is 14.2. The first-order valence-electron chi connectivity index (χ1n) is 7.79. The Hall–Kier alpha value is -0.570. The van der Waals surface area contributed by atoms with Gasteiger partial charge in [-0.1, -0.05) is 39.5 Å². The molecule has 0 atom stereocenters. The lowest BCUT2D eigenvalue weighted by atomic mass is 10.2. The zero-order valence-corrected chi connectivity index (χ0v) is 12.2. The molecule has 0 aromatic heterocycles. The lowest BCUT2D eigenvalue weighted by Gasteiger charge is -2.23. The Morgan fingerprint density at radius 2 is 1.67 bits per heavy atom. The summed E-state index contributed by atoms with van der Waals surface area (Å²) in [5, 5.41) is 3.42. The second-order valence-electron chi connectivity index (χ2n) is 5.45. The summed E-state index contributed by atoms with van der Waals surface area (Å²) >= 11 is 0. The Morgan fingerprint density at radius 3 is 2.17 bits per heavy atom. The summed E-state index contributed by atoms with van der Waals surface area (Å²) < 4.78 is 0. The number of nitrogens with zero attached hydrogens (tertiary/aromatic N) is 1. The number of carbonyl (C=O) groups excluding carboxylic acids is 1. The first-order valence-corrected chi connectivity index (χ1v) is 7.79. The van der Waals surface area contributed by atoms with Crippen LogP contribution in [0, 0.1) is 0 Å². The molecule has 0 bridgehead atoms. The van der Waals surface area contributed by atoms with Crippen LogP contribution in [-0.4, -0.2) is 36.5 Å². The minimum absolute atomic E-state index is 0.295. The van der Waals surface area contributed by atoms with Gasteiger partial charge in [-0.05, 0) is 25.7 Å². The van der Waals surface area contributed by atoms with Gasteiger partial charge < -0.3 is 10.2 Å². The Bertz CT molecular complexity index is 217. The zero-order chi connectivity index (χ0) is 13.2. The summed E-state index contributed by atoms with van der Waals surface area (Å²) in [5.74, 6) is 0.295. The SMILES string of the molecule is CCCCN(CCCC)C(=O)CNC1CCCC1. The van der Waals surface area contributed by atoms with Crippen molar-refractivity contribution in [2.75, 3.05) is 19.6 Å². The third-order valence-corrected chi connectivity index (χ3v) is 3.81. The largest absolute Gasteiger partial charge is 0.342 e. The van der Waals surface area contributed by atoms with E-state index in [4.69, 9.17) is 0 Å². The van der Waals surface area contributed by atoms with E-state index in [1.54, 1.807) is 0 Å². The van der Waals surface area contributed by atoms with Crippen molar-refractivity contribution in [3.05, 3.63) is 0 Å². The second kappa shape index (κ2) is 9.37. The highest BCUT2D eigenvalue weighted by Gasteiger charge is 2.17. The Morgan fingerprint density at radius 1 is 1.11 bits per heavy atom. The van der Waals surface area contributed by atoms with Crippen LogP contribution in [0.4, 0.5) is 0 Å². The highest BCUT2D eigenvalue weighted by atomic mass is 16.2. The van der Waals surface area contributed by atoms with Crippen LogP contribution in [0.15, 0.2) is 0 Å². The van der Waals surface area contributed by atoms with E-state index in [0.29, 0.717) is 18.5 Å². The van der Waals surface area contributed by atoms with Crippen LogP contribution in [-0.2, 0) is 4.79 Å². The maximum absolute atomic E-state index is 12.2. The van der Waals surface area contributed by atoms with Crippen molar-refractivity contribution in [3.8, 4) is 0 Å². The molecule has 0 heterocycles. The summed E-state index contributed by atoms with van der Waals surface area (Å²) in [6.07, 6.45) is 9.70. The van der Waals surface area contributed by atoms with Crippen molar-refractivity contribution in [2.24, 2.45) is 0 Å². The lowest BCUT2D eigenvalue weighted by Crippen LogP contribution is -2.41. The molecule has 18 heavy (non-hydrogen) atoms. The molecule has 1 rings (SSSR count). The average Bonchev–Trinajstić information content (AvgIpc) is 2.89. The van der Waals surface area contributed by atoms with E-state index in [1.807, 2.05) is 0 Å². The summed E-state index contributed by atoms with van der Waals surface area (Å²) in [7, 11) is 0. The molecule has 1 amide bonds. The standard InChI is InChI=1S/C15H30N2O/c1-3-5-11-17(12-6-4-2)15(18)13-16-14-9-7-8-10-14/h14,16H,3-13H2,1-2H3. The van der Waals surface area contributed by atoms with Crippen LogP contribution in [0.5, 0.6) is 0 Å². The smallest absolute Gasteiger partial charge is 0.236 e. The molecule has 106 valence electrons. The Kier molecular flexibility index (Phi) is 8.06. The number of nitrogens with one attached hydrogen (secondary N) is 1. The van der Waals surface area contributed by atoms with Crippen LogP contribution in [0.25, 0.3) is 0 Å². The number of amides is 1. The molecule has 0 radical (unpaired) electrons. The van der Waals surface area contributed by atoms with E-state index in [2.05, 4.69) is 24.1 Å². The van der Waals surface area contributed by atoms with Gasteiger partial charge in [0.25, 0.3) is 0 Å². The molecule has 0 aromatic rings. The van der Waals surface area contributed by atoms with Gasteiger partial charge in [-0.15, -0.1) is 0 Å². The van der Waals surface area contributed by atoms with Crippen molar-refractivity contribution < 1.29 is 4.79 Å². The van der Waals surface area contributed by atoms with Gasteiger partial charge in [0, 0.05) is 19.1 Å². The molecule has 0 aromatic carbocycles. The quantitative estimate of drug-likeness (QED) is 0.686. The molecule has 1 aliphatic rings. The van der Waals surface area contributed by atoms with Gasteiger partial charge in [-0.25, -0.2) is 0 Å². The molecule has 1 aliphatic carbocycles. The monoisotopic (exact) mass is 254 g/mol. The molecule has 1 saturated carbocycles. The van der Waals surface area contributed by atoms with Gasteiger partial charge in [-0.3, -0.25) is 4.79 Å². The highest BCUT2D eigenvalue weighted by Crippen LogP contribution is 2.17.